The summed E-state index contributed by atoms with van der Waals surface area (Å²) < 4.78 is 10.0. The lowest BCUT2D eigenvalue weighted by molar-refractivity contribution is 1.07. The molecule has 0 unspecified atom stereocenters. The molecule has 0 atom stereocenters. The monoisotopic (exact) mass is 1370 g/mol. The van der Waals surface area contributed by atoms with E-state index in [-0.39, 0.29) is 0 Å². The van der Waals surface area contributed by atoms with Crippen molar-refractivity contribution in [1.82, 2.24) is 47.5 Å². The maximum atomic E-state index is 5.35. The fraction of sp³-hybridized carbons (Fsp3) is 0. The molecule has 498 valence electrons. The van der Waals surface area contributed by atoms with Crippen LogP contribution in [0.15, 0.2) is 340 Å². The van der Waals surface area contributed by atoms with Gasteiger partial charge in [0.05, 0.1) is 66.2 Å². The van der Waals surface area contributed by atoms with Crippen LogP contribution in [0.5, 0.6) is 0 Å². The van der Waals surface area contributed by atoms with E-state index in [4.69, 9.17) is 29.9 Å². The molecule has 24 rings (SSSR count). The van der Waals surface area contributed by atoms with Gasteiger partial charge >= 0.3 is 0 Å². The summed E-state index contributed by atoms with van der Waals surface area (Å²) in [6, 6.07) is 122. The van der Waals surface area contributed by atoms with Crippen molar-refractivity contribution in [2.24, 2.45) is 0 Å². The van der Waals surface area contributed by atoms with Crippen molar-refractivity contribution in [1.29, 1.82) is 0 Å². The first-order valence-electron chi connectivity index (χ1n) is 36.7. The SMILES string of the molecule is c1ccc(-c2nc(-c3ccccc3)nc(-c3cccc(-c4ccc5c(c4)c4c6ccccc6c6c7ccc(-c8cccc(-c9nc(-c%10ccccc%10)nc(-c%10ccc(-c%11ccc%12c(c%11)c%11c%13ccccc%13c%13c%14ccccc%14n%14c%15ccccc%15n%12c%11c%13%14)cc%10)n9)c8)cc7n7c8ccccc8n5c4c67)c3)n2)cc1. The second-order valence-electron chi connectivity index (χ2n) is 28.5. The largest absolute Gasteiger partial charge is 0.305 e. The van der Waals surface area contributed by atoms with E-state index in [0.29, 0.717) is 34.9 Å². The first-order valence-corrected chi connectivity index (χ1v) is 36.7. The summed E-state index contributed by atoms with van der Waals surface area (Å²) in [4.78, 5) is 31.1. The molecule has 0 amide bonds. The number of hydrogen-bond acceptors (Lipinski definition) is 6. The summed E-state index contributed by atoms with van der Waals surface area (Å²) in [6.07, 6.45) is 0. The summed E-state index contributed by atoms with van der Waals surface area (Å²) in [7, 11) is 0. The fourth-order valence-electron chi connectivity index (χ4n) is 17.9. The van der Waals surface area contributed by atoms with Gasteiger partial charge in [-0.15, -0.1) is 0 Å². The molecule has 0 aliphatic rings. The van der Waals surface area contributed by atoms with E-state index in [1.165, 1.54) is 109 Å². The van der Waals surface area contributed by atoms with E-state index in [1.54, 1.807) is 0 Å². The lowest BCUT2D eigenvalue weighted by Gasteiger charge is -2.13. The third-order valence-corrected chi connectivity index (χ3v) is 22.6. The summed E-state index contributed by atoms with van der Waals surface area (Å²) in [5, 5.41) is 14.8. The molecule has 0 radical (unpaired) electrons. The average Bonchev–Trinajstić information content (AvgIpc) is 1.51. The Bertz CT molecular complexity index is 7800. The zero-order valence-electron chi connectivity index (χ0n) is 57.8. The van der Waals surface area contributed by atoms with E-state index in [2.05, 4.69) is 278 Å². The Labute approximate surface area is 616 Å². The Balaban J connectivity index is 0.620. The molecule has 0 aliphatic carbocycles. The molecule has 8 heterocycles. The molecule has 0 bridgehead atoms. The molecule has 108 heavy (non-hydrogen) atoms. The van der Waals surface area contributed by atoms with Crippen LogP contribution in [0.2, 0.25) is 0 Å². The topological polar surface area (TPSA) is 95.0 Å². The number of nitrogens with zero attached hydrogens (tertiary/aromatic N) is 10. The predicted octanol–water partition coefficient (Wildman–Crippen LogP) is 24.5. The summed E-state index contributed by atoms with van der Waals surface area (Å²) in [5.74, 6) is 3.69. The maximum Gasteiger partial charge on any atom is 0.164 e. The van der Waals surface area contributed by atoms with Crippen molar-refractivity contribution in [3.63, 3.8) is 0 Å². The Morgan fingerprint density at radius 3 is 0.806 bits per heavy atom. The number of para-hydroxylation sites is 5. The third-order valence-electron chi connectivity index (χ3n) is 22.6. The summed E-state index contributed by atoms with van der Waals surface area (Å²) >= 11 is 0. The van der Waals surface area contributed by atoms with Gasteiger partial charge in [0.25, 0.3) is 0 Å². The molecule has 0 fully saturated rings. The third kappa shape index (κ3) is 8.41. The molecule has 16 aromatic carbocycles. The minimum absolute atomic E-state index is 0.597. The van der Waals surface area contributed by atoms with Crippen LogP contribution in [-0.2, 0) is 0 Å². The lowest BCUT2D eigenvalue weighted by Crippen LogP contribution is -2.00. The zero-order valence-corrected chi connectivity index (χ0v) is 57.8. The Kier molecular flexibility index (Phi) is 12.2. The minimum atomic E-state index is 0.597. The van der Waals surface area contributed by atoms with Gasteiger partial charge in [-0.2, -0.15) is 0 Å². The first kappa shape index (κ1) is 58.7. The minimum Gasteiger partial charge on any atom is -0.305 e. The second-order valence-corrected chi connectivity index (χ2v) is 28.5. The van der Waals surface area contributed by atoms with Gasteiger partial charge in [0.2, 0.25) is 0 Å². The van der Waals surface area contributed by atoms with E-state index >= 15 is 0 Å². The Morgan fingerprint density at radius 2 is 0.389 bits per heavy atom. The average molecular weight is 1370 g/mol. The van der Waals surface area contributed by atoms with Gasteiger partial charge in [-0.3, -0.25) is 0 Å². The van der Waals surface area contributed by atoms with Crippen molar-refractivity contribution in [2.75, 3.05) is 0 Å². The van der Waals surface area contributed by atoms with Crippen molar-refractivity contribution in [3.8, 4) is 102 Å². The van der Waals surface area contributed by atoms with Crippen molar-refractivity contribution in [3.05, 3.63) is 340 Å². The van der Waals surface area contributed by atoms with Crippen LogP contribution in [0.4, 0.5) is 0 Å². The standard InChI is InChI=1S/C98H56N10/c1-4-22-58(23-5-1)93-99-94(59-24-6-2-7-25-59)102-97(101-93)67-30-20-28-62(52-67)65-48-51-79-76(55-65)88-72-35-13-11-33-70(72)86-74-49-46-66(56-84(74)108-83-41-19-18-40-82(83)107(79)92(88)90(86)108)63-29-21-31-68(53-63)98-103-95(60-26-8-3-9-27-60)100-96(104-98)61-44-42-57(43-45-61)64-47-50-78-75(54-64)87-71-34-12-10-32-69(71)85-73-36-14-15-37-77(73)105-80-38-16-17-39-81(80)106(78)91(87)89(85)105/h1-56H. The highest BCUT2D eigenvalue weighted by molar-refractivity contribution is 6.39. The molecule has 24 aromatic rings. The van der Waals surface area contributed by atoms with Crippen LogP contribution < -0.4 is 0 Å². The van der Waals surface area contributed by atoms with Crippen LogP contribution in [0.1, 0.15) is 0 Å². The molecule has 0 N–H and O–H groups in total. The highest BCUT2D eigenvalue weighted by Gasteiger charge is 2.29. The number of benzene rings is 16. The highest BCUT2D eigenvalue weighted by atomic mass is 15.1. The van der Waals surface area contributed by atoms with Crippen LogP contribution >= 0.6 is 0 Å². The molecular formula is C98H56N10. The Hall–Kier alpha value is -14.7. The normalized spacial score (nSPS) is 12.3. The number of fused-ring (bicyclic) bond motifs is 24. The Morgan fingerprint density at radius 1 is 0.139 bits per heavy atom. The number of aromatic nitrogens is 10. The molecule has 0 aliphatic heterocycles. The summed E-state index contributed by atoms with van der Waals surface area (Å²) in [5.41, 5.74) is 26.2. The fourth-order valence-corrected chi connectivity index (χ4v) is 17.9. The van der Waals surface area contributed by atoms with Crippen LogP contribution in [0.3, 0.4) is 0 Å². The molecular weight excluding hydrogens is 1320 g/mol. The quantitative estimate of drug-likeness (QED) is 0.134. The van der Waals surface area contributed by atoms with Gasteiger partial charge in [-0.1, -0.05) is 267 Å². The van der Waals surface area contributed by atoms with Gasteiger partial charge in [-0.05, 0) is 128 Å². The van der Waals surface area contributed by atoms with E-state index in [9.17, 15) is 0 Å². The van der Waals surface area contributed by atoms with E-state index in [0.717, 1.165) is 88.8 Å². The second kappa shape index (κ2) is 22.4. The molecule has 10 nitrogen and oxygen atoms in total. The zero-order chi connectivity index (χ0) is 70.4. The van der Waals surface area contributed by atoms with Crippen molar-refractivity contribution < 1.29 is 0 Å². The van der Waals surface area contributed by atoms with Crippen LogP contribution in [0.25, 0.3) is 233 Å². The molecule has 0 saturated heterocycles. The van der Waals surface area contributed by atoms with Crippen molar-refractivity contribution >= 4 is 131 Å². The van der Waals surface area contributed by atoms with Gasteiger partial charge in [0.1, 0.15) is 0 Å². The highest BCUT2D eigenvalue weighted by Crippen LogP contribution is 2.51. The van der Waals surface area contributed by atoms with Crippen LogP contribution in [-0.4, -0.2) is 47.5 Å². The summed E-state index contributed by atoms with van der Waals surface area (Å²) in [6.45, 7) is 0. The predicted molar refractivity (Wildman–Crippen MR) is 443 cm³/mol. The molecule has 0 spiro atoms. The van der Waals surface area contributed by atoms with Crippen molar-refractivity contribution in [2.45, 2.75) is 0 Å². The number of hydrogen-bond donors (Lipinski definition) is 0. The van der Waals surface area contributed by atoms with Gasteiger partial charge in [0, 0.05) is 76.5 Å². The molecule has 10 heteroatoms. The van der Waals surface area contributed by atoms with Gasteiger partial charge in [0.15, 0.2) is 34.9 Å². The first-order chi connectivity index (χ1) is 53.6. The van der Waals surface area contributed by atoms with E-state index in [1.807, 2.05) is 78.9 Å². The van der Waals surface area contributed by atoms with E-state index < -0.39 is 0 Å². The smallest absolute Gasteiger partial charge is 0.164 e. The maximum absolute atomic E-state index is 5.35. The van der Waals surface area contributed by atoms with Gasteiger partial charge < -0.3 is 17.6 Å². The van der Waals surface area contributed by atoms with Gasteiger partial charge in [-0.25, -0.2) is 29.9 Å². The molecule has 0 saturated carbocycles. The molecule has 8 aromatic heterocycles. The lowest BCUT2D eigenvalue weighted by atomic mass is 9.96. The number of rotatable bonds is 9. The van der Waals surface area contributed by atoms with Crippen LogP contribution in [0, 0.1) is 0 Å².